The molecule has 0 amide bonds. The molecule has 1 aromatic carbocycles. The van der Waals surface area contributed by atoms with Gasteiger partial charge in [-0.3, -0.25) is 0 Å². The lowest BCUT2D eigenvalue weighted by molar-refractivity contribution is 0.778. The predicted molar refractivity (Wildman–Crippen MR) is 68.4 cm³/mol. The summed E-state index contributed by atoms with van der Waals surface area (Å²) in [6.45, 7) is 12.6. The van der Waals surface area contributed by atoms with Crippen LogP contribution in [0, 0.1) is 6.92 Å². The van der Waals surface area contributed by atoms with Gasteiger partial charge in [0.1, 0.15) is 0 Å². The Morgan fingerprint density at radius 1 is 1.40 bits per heavy atom. The van der Waals surface area contributed by atoms with Crippen LogP contribution in [0.25, 0.3) is 0 Å². The third-order valence-electron chi connectivity index (χ3n) is 2.65. The highest BCUT2D eigenvalue weighted by atomic mass is 15.1. The van der Waals surface area contributed by atoms with Crippen LogP contribution in [-0.2, 0) is 6.42 Å². The standard InChI is InChI=1S/C14H21N/c1-6-13-9-8-12(5)10-14(13)15(7-2)11(3)4/h7-11H,2,6H2,1,3-5H3. The third kappa shape index (κ3) is 2.62. The second-order valence-corrected chi connectivity index (χ2v) is 4.17. The molecule has 0 N–H and O–H groups in total. The lowest BCUT2D eigenvalue weighted by Crippen LogP contribution is -2.25. The molecule has 0 aliphatic heterocycles. The van der Waals surface area contributed by atoms with Crippen molar-refractivity contribution in [3.63, 3.8) is 0 Å². The molecule has 0 unspecified atom stereocenters. The van der Waals surface area contributed by atoms with Crippen molar-refractivity contribution in [1.29, 1.82) is 0 Å². The second kappa shape index (κ2) is 5.01. The molecule has 0 spiro atoms. The Balaban J connectivity index is 3.19. The predicted octanol–water partition coefficient (Wildman–Crippen LogP) is 3.92. The SMILES string of the molecule is C=CN(c1cc(C)ccc1CC)C(C)C. The second-order valence-electron chi connectivity index (χ2n) is 4.17. The molecule has 0 bridgehead atoms. The van der Waals surface area contributed by atoms with Gasteiger partial charge in [0.05, 0.1) is 0 Å². The molecule has 1 aromatic rings. The van der Waals surface area contributed by atoms with E-state index in [-0.39, 0.29) is 0 Å². The molecule has 0 fully saturated rings. The Hall–Kier alpha value is -1.24. The van der Waals surface area contributed by atoms with Gasteiger partial charge in [-0.05, 0) is 50.6 Å². The van der Waals surface area contributed by atoms with Gasteiger partial charge in [-0.1, -0.05) is 25.6 Å². The minimum atomic E-state index is 0.453. The van der Waals surface area contributed by atoms with Crippen LogP contribution in [-0.4, -0.2) is 6.04 Å². The summed E-state index contributed by atoms with van der Waals surface area (Å²) in [6.07, 6.45) is 2.98. The average molecular weight is 203 g/mol. The van der Waals surface area contributed by atoms with Crippen LogP contribution in [0.1, 0.15) is 31.9 Å². The summed E-state index contributed by atoms with van der Waals surface area (Å²) in [5.74, 6) is 0. The van der Waals surface area contributed by atoms with Gasteiger partial charge in [-0.25, -0.2) is 0 Å². The van der Waals surface area contributed by atoms with Gasteiger partial charge in [0.2, 0.25) is 0 Å². The smallest absolute Gasteiger partial charge is 0.0443 e. The number of rotatable bonds is 4. The monoisotopic (exact) mass is 203 g/mol. The Morgan fingerprint density at radius 2 is 2.07 bits per heavy atom. The number of hydrogen-bond acceptors (Lipinski definition) is 1. The number of nitrogens with zero attached hydrogens (tertiary/aromatic N) is 1. The van der Waals surface area contributed by atoms with E-state index in [9.17, 15) is 0 Å². The molecule has 1 rings (SSSR count). The normalized spacial score (nSPS) is 10.5. The zero-order valence-electron chi connectivity index (χ0n) is 10.2. The molecule has 0 aliphatic rings. The van der Waals surface area contributed by atoms with Crippen molar-refractivity contribution in [3.8, 4) is 0 Å². The van der Waals surface area contributed by atoms with E-state index in [2.05, 4.69) is 57.4 Å². The lowest BCUT2D eigenvalue weighted by atomic mass is 10.1. The first-order valence-corrected chi connectivity index (χ1v) is 5.60. The fourth-order valence-corrected chi connectivity index (χ4v) is 1.80. The minimum Gasteiger partial charge on any atom is -0.346 e. The largest absolute Gasteiger partial charge is 0.346 e. The van der Waals surface area contributed by atoms with Crippen LogP contribution in [0.3, 0.4) is 0 Å². The Bertz CT molecular complexity index is 339. The highest BCUT2D eigenvalue weighted by Gasteiger charge is 2.10. The van der Waals surface area contributed by atoms with Crippen molar-refractivity contribution in [2.75, 3.05) is 4.90 Å². The molecule has 1 heteroatoms. The van der Waals surface area contributed by atoms with Crippen molar-refractivity contribution >= 4 is 5.69 Å². The Morgan fingerprint density at radius 3 is 2.53 bits per heavy atom. The van der Waals surface area contributed by atoms with Gasteiger partial charge >= 0.3 is 0 Å². The van der Waals surface area contributed by atoms with Crippen LogP contribution in [0.15, 0.2) is 31.0 Å². The summed E-state index contributed by atoms with van der Waals surface area (Å²) >= 11 is 0. The maximum Gasteiger partial charge on any atom is 0.0443 e. The van der Waals surface area contributed by atoms with E-state index >= 15 is 0 Å². The molecule has 82 valence electrons. The van der Waals surface area contributed by atoms with Crippen molar-refractivity contribution in [2.24, 2.45) is 0 Å². The van der Waals surface area contributed by atoms with Crippen LogP contribution in [0.2, 0.25) is 0 Å². The molecular formula is C14H21N. The van der Waals surface area contributed by atoms with Gasteiger partial charge in [0, 0.05) is 11.7 Å². The van der Waals surface area contributed by atoms with Crippen LogP contribution < -0.4 is 4.90 Å². The van der Waals surface area contributed by atoms with E-state index < -0.39 is 0 Å². The molecule has 1 nitrogen and oxygen atoms in total. The van der Waals surface area contributed by atoms with E-state index in [0.29, 0.717) is 6.04 Å². The fourth-order valence-electron chi connectivity index (χ4n) is 1.80. The van der Waals surface area contributed by atoms with Crippen LogP contribution >= 0.6 is 0 Å². The minimum absolute atomic E-state index is 0.453. The van der Waals surface area contributed by atoms with Crippen LogP contribution in [0.4, 0.5) is 5.69 Å². The summed E-state index contributed by atoms with van der Waals surface area (Å²) < 4.78 is 0. The van der Waals surface area contributed by atoms with Gasteiger partial charge < -0.3 is 4.90 Å². The van der Waals surface area contributed by atoms with E-state index in [0.717, 1.165) is 6.42 Å². The molecule has 0 aromatic heterocycles. The summed E-state index contributed by atoms with van der Waals surface area (Å²) in [6, 6.07) is 7.07. The molecule has 0 atom stereocenters. The number of benzene rings is 1. The first kappa shape index (κ1) is 11.8. The third-order valence-corrected chi connectivity index (χ3v) is 2.65. The molecule has 0 heterocycles. The highest BCUT2D eigenvalue weighted by Crippen LogP contribution is 2.24. The van der Waals surface area contributed by atoms with E-state index in [1.165, 1.54) is 16.8 Å². The summed E-state index contributed by atoms with van der Waals surface area (Å²) in [5, 5.41) is 0. The quantitative estimate of drug-likeness (QED) is 0.717. The van der Waals surface area contributed by atoms with Crippen molar-refractivity contribution in [3.05, 3.63) is 42.1 Å². The van der Waals surface area contributed by atoms with E-state index in [4.69, 9.17) is 0 Å². The maximum absolute atomic E-state index is 3.89. The van der Waals surface area contributed by atoms with Gasteiger partial charge in [0.15, 0.2) is 0 Å². The van der Waals surface area contributed by atoms with E-state index in [1.807, 2.05) is 6.20 Å². The van der Waals surface area contributed by atoms with Crippen molar-refractivity contribution < 1.29 is 0 Å². The van der Waals surface area contributed by atoms with Crippen molar-refractivity contribution in [2.45, 2.75) is 40.2 Å². The van der Waals surface area contributed by atoms with Gasteiger partial charge in [0.25, 0.3) is 0 Å². The topological polar surface area (TPSA) is 3.24 Å². The number of anilines is 1. The zero-order chi connectivity index (χ0) is 11.4. The molecule has 15 heavy (non-hydrogen) atoms. The summed E-state index contributed by atoms with van der Waals surface area (Å²) in [7, 11) is 0. The molecule has 0 saturated carbocycles. The van der Waals surface area contributed by atoms with Gasteiger partial charge in [-0.2, -0.15) is 0 Å². The van der Waals surface area contributed by atoms with Crippen molar-refractivity contribution in [1.82, 2.24) is 0 Å². The maximum atomic E-state index is 3.89. The molecular weight excluding hydrogens is 182 g/mol. The number of hydrogen-bond donors (Lipinski definition) is 0. The lowest BCUT2D eigenvalue weighted by Gasteiger charge is -2.27. The van der Waals surface area contributed by atoms with Crippen LogP contribution in [0.5, 0.6) is 0 Å². The van der Waals surface area contributed by atoms with Gasteiger partial charge in [-0.15, -0.1) is 0 Å². The average Bonchev–Trinajstić information content (AvgIpc) is 2.18. The first-order chi connectivity index (χ1) is 7.10. The summed E-state index contributed by atoms with van der Waals surface area (Å²) in [4.78, 5) is 2.23. The Labute approximate surface area is 93.4 Å². The summed E-state index contributed by atoms with van der Waals surface area (Å²) in [5.41, 5.74) is 3.98. The van der Waals surface area contributed by atoms with E-state index in [1.54, 1.807) is 0 Å². The molecule has 0 radical (unpaired) electrons. The first-order valence-electron chi connectivity index (χ1n) is 5.60. The number of aryl methyl sites for hydroxylation is 2. The fraction of sp³-hybridized carbons (Fsp3) is 0.429. The molecule has 0 aliphatic carbocycles. The molecule has 0 saturated heterocycles. The highest BCUT2D eigenvalue weighted by molar-refractivity contribution is 5.57. The Kier molecular flexibility index (Phi) is 3.96. The zero-order valence-corrected chi connectivity index (χ0v) is 10.2.